The van der Waals surface area contributed by atoms with E-state index in [0.717, 1.165) is 36.2 Å². The molecule has 3 aromatic rings. The first-order valence-corrected chi connectivity index (χ1v) is 9.80. The number of hydrogen-bond donors (Lipinski definition) is 2. The van der Waals surface area contributed by atoms with Crippen LogP contribution in [0.4, 0.5) is 0 Å². The smallest absolute Gasteiger partial charge is 0.228 e. The number of aromatic nitrogens is 2. The largest absolute Gasteiger partial charge is 0.508 e. The Labute approximate surface area is 170 Å². The second-order valence-corrected chi connectivity index (χ2v) is 7.83. The third kappa shape index (κ3) is 3.76. The molecule has 0 radical (unpaired) electrons. The standard InChI is InChI=1S/C23H26N4O2/c1-15-5-7-16(8-6-15)20-18-10-9-17(28)13-19(18)29-23-21(20)22(24)27(14-25-23)12-4-11-26(2)3/h5-10,13-14,20,24,28H,4,11-12H2,1-3H3/t20-/m0/s1. The quantitative estimate of drug-likeness (QED) is 0.546. The molecule has 1 aliphatic heterocycles. The van der Waals surface area contributed by atoms with Crippen LogP contribution in [0.1, 0.15) is 34.6 Å². The van der Waals surface area contributed by atoms with E-state index >= 15 is 0 Å². The summed E-state index contributed by atoms with van der Waals surface area (Å²) in [5.41, 5.74) is 4.37. The van der Waals surface area contributed by atoms with E-state index in [1.807, 2.05) is 24.7 Å². The number of phenols is 1. The topological polar surface area (TPSA) is 74.4 Å². The highest BCUT2D eigenvalue weighted by atomic mass is 16.5. The molecule has 6 nitrogen and oxygen atoms in total. The van der Waals surface area contributed by atoms with Crippen molar-refractivity contribution in [2.75, 3.05) is 20.6 Å². The summed E-state index contributed by atoms with van der Waals surface area (Å²) in [6.07, 6.45) is 2.61. The number of hydrogen-bond acceptors (Lipinski definition) is 5. The Morgan fingerprint density at radius 3 is 2.66 bits per heavy atom. The van der Waals surface area contributed by atoms with Gasteiger partial charge in [0.2, 0.25) is 5.88 Å². The Bertz CT molecular complexity index is 1090. The SMILES string of the molecule is Cc1ccc([C@H]2c3ccc(O)cc3Oc3ncn(CCCN(C)C)c(=N)c32)cc1. The molecule has 0 aliphatic carbocycles. The summed E-state index contributed by atoms with van der Waals surface area (Å²) in [4.78, 5) is 6.66. The minimum Gasteiger partial charge on any atom is -0.508 e. The Kier molecular flexibility index (Phi) is 5.11. The summed E-state index contributed by atoms with van der Waals surface area (Å²) >= 11 is 0. The molecule has 1 aromatic heterocycles. The van der Waals surface area contributed by atoms with Crippen LogP contribution in [0, 0.1) is 12.3 Å². The van der Waals surface area contributed by atoms with Gasteiger partial charge >= 0.3 is 0 Å². The summed E-state index contributed by atoms with van der Waals surface area (Å²) in [7, 11) is 4.09. The van der Waals surface area contributed by atoms with Gasteiger partial charge in [-0.15, -0.1) is 0 Å². The number of ether oxygens (including phenoxy) is 1. The monoisotopic (exact) mass is 390 g/mol. The molecular formula is C23H26N4O2. The Morgan fingerprint density at radius 1 is 1.17 bits per heavy atom. The molecule has 0 bridgehead atoms. The molecule has 1 aliphatic rings. The normalized spacial score (nSPS) is 15.0. The number of benzene rings is 2. The molecular weight excluding hydrogens is 364 g/mol. The highest BCUT2D eigenvalue weighted by molar-refractivity contribution is 5.57. The number of aryl methyl sites for hydroxylation is 2. The van der Waals surface area contributed by atoms with Crippen molar-refractivity contribution >= 4 is 0 Å². The molecule has 0 saturated heterocycles. The molecule has 2 aromatic carbocycles. The highest BCUT2D eigenvalue weighted by Crippen LogP contribution is 2.45. The number of nitrogens with one attached hydrogen (secondary N) is 1. The lowest BCUT2D eigenvalue weighted by atomic mass is 9.83. The first-order valence-electron chi connectivity index (χ1n) is 9.80. The van der Waals surface area contributed by atoms with Crippen molar-refractivity contribution in [3.05, 3.63) is 76.5 Å². The maximum absolute atomic E-state index is 9.92. The van der Waals surface area contributed by atoms with E-state index in [1.165, 1.54) is 5.56 Å². The molecule has 1 atom stereocenters. The minimum absolute atomic E-state index is 0.149. The highest BCUT2D eigenvalue weighted by Gasteiger charge is 2.32. The second-order valence-electron chi connectivity index (χ2n) is 7.83. The van der Waals surface area contributed by atoms with E-state index in [4.69, 9.17) is 10.1 Å². The van der Waals surface area contributed by atoms with Gasteiger partial charge in [-0.2, -0.15) is 0 Å². The summed E-state index contributed by atoms with van der Waals surface area (Å²) in [5.74, 6) is 0.995. The zero-order chi connectivity index (χ0) is 20.5. The molecule has 2 heterocycles. The van der Waals surface area contributed by atoms with Crippen LogP contribution in [0.5, 0.6) is 17.4 Å². The van der Waals surface area contributed by atoms with Crippen molar-refractivity contribution in [2.45, 2.75) is 25.8 Å². The van der Waals surface area contributed by atoms with E-state index < -0.39 is 0 Å². The minimum atomic E-state index is -0.170. The van der Waals surface area contributed by atoms with Crippen LogP contribution < -0.4 is 10.2 Å². The van der Waals surface area contributed by atoms with Crippen LogP contribution in [0.15, 0.2) is 48.8 Å². The van der Waals surface area contributed by atoms with Crippen molar-refractivity contribution in [1.82, 2.24) is 14.5 Å². The second kappa shape index (κ2) is 7.72. The average molecular weight is 390 g/mol. The van der Waals surface area contributed by atoms with Gasteiger partial charge in [-0.1, -0.05) is 35.9 Å². The maximum atomic E-state index is 9.92. The van der Waals surface area contributed by atoms with E-state index in [9.17, 15) is 5.11 Å². The first kappa shape index (κ1) is 19.2. The predicted octanol–water partition coefficient (Wildman–Crippen LogP) is 3.61. The van der Waals surface area contributed by atoms with Gasteiger partial charge in [-0.25, -0.2) is 4.98 Å². The Hall–Kier alpha value is -3.12. The van der Waals surface area contributed by atoms with Crippen LogP contribution in [-0.2, 0) is 6.54 Å². The number of nitrogens with zero attached hydrogens (tertiary/aromatic N) is 3. The van der Waals surface area contributed by atoms with Crippen LogP contribution in [0.2, 0.25) is 0 Å². The van der Waals surface area contributed by atoms with E-state index in [-0.39, 0.29) is 11.7 Å². The maximum Gasteiger partial charge on any atom is 0.228 e. The number of aromatic hydroxyl groups is 1. The summed E-state index contributed by atoms with van der Waals surface area (Å²) in [5, 5.41) is 18.8. The van der Waals surface area contributed by atoms with Crippen LogP contribution in [0.25, 0.3) is 0 Å². The average Bonchev–Trinajstić information content (AvgIpc) is 2.68. The Balaban J connectivity index is 1.83. The number of fused-ring (bicyclic) bond motifs is 2. The summed E-state index contributed by atoms with van der Waals surface area (Å²) < 4.78 is 7.89. The lowest BCUT2D eigenvalue weighted by molar-refractivity contribution is 0.378. The molecule has 6 heteroatoms. The number of phenolic OH excluding ortho intramolecular Hbond substituents is 1. The molecule has 4 rings (SSSR count). The van der Waals surface area contributed by atoms with E-state index in [1.54, 1.807) is 18.5 Å². The lowest BCUT2D eigenvalue weighted by Crippen LogP contribution is -2.30. The molecule has 0 saturated carbocycles. The van der Waals surface area contributed by atoms with Crippen molar-refractivity contribution in [1.29, 1.82) is 5.41 Å². The molecule has 0 fully saturated rings. The summed E-state index contributed by atoms with van der Waals surface area (Å²) in [6, 6.07) is 13.5. The fourth-order valence-electron chi connectivity index (χ4n) is 3.79. The fraction of sp³-hybridized carbons (Fsp3) is 0.304. The van der Waals surface area contributed by atoms with E-state index in [0.29, 0.717) is 17.1 Å². The van der Waals surface area contributed by atoms with Gasteiger partial charge in [0.1, 0.15) is 23.3 Å². The summed E-state index contributed by atoms with van der Waals surface area (Å²) in [6.45, 7) is 3.73. The van der Waals surface area contributed by atoms with Gasteiger partial charge in [0.25, 0.3) is 0 Å². The zero-order valence-corrected chi connectivity index (χ0v) is 17.0. The zero-order valence-electron chi connectivity index (χ0n) is 17.0. The fourth-order valence-corrected chi connectivity index (χ4v) is 3.79. The van der Waals surface area contributed by atoms with E-state index in [2.05, 4.69) is 41.1 Å². The third-order valence-electron chi connectivity index (χ3n) is 5.31. The predicted molar refractivity (Wildman–Crippen MR) is 112 cm³/mol. The first-order chi connectivity index (χ1) is 13.9. The van der Waals surface area contributed by atoms with Crippen molar-refractivity contribution in [3.63, 3.8) is 0 Å². The van der Waals surface area contributed by atoms with Gasteiger partial charge in [0, 0.05) is 24.1 Å². The molecule has 2 N–H and O–H groups in total. The molecule has 29 heavy (non-hydrogen) atoms. The van der Waals surface area contributed by atoms with Crippen LogP contribution >= 0.6 is 0 Å². The van der Waals surface area contributed by atoms with Gasteiger partial charge in [0.15, 0.2) is 0 Å². The third-order valence-corrected chi connectivity index (χ3v) is 5.31. The van der Waals surface area contributed by atoms with Crippen LogP contribution in [-0.4, -0.2) is 40.2 Å². The van der Waals surface area contributed by atoms with Crippen molar-refractivity contribution in [3.8, 4) is 17.4 Å². The lowest BCUT2D eigenvalue weighted by Gasteiger charge is -2.28. The van der Waals surface area contributed by atoms with Gasteiger partial charge < -0.3 is 19.3 Å². The molecule has 0 spiro atoms. The van der Waals surface area contributed by atoms with Gasteiger partial charge in [-0.3, -0.25) is 5.41 Å². The molecule has 0 amide bonds. The molecule has 0 unspecified atom stereocenters. The van der Waals surface area contributed by atoms with Crippen LogP contribution in [0.3, 0.4) is 0 Å². The van der Waals surface area contributed by atoms with Crippen molar-refractivity contribution < 1.29 is 9.84 Å². The van der Waals surface area contributed by atoms with Crippen molar-refractivity contribution in [2.24, 2.45) is 0 Å². The molecule has 150 valence electrons. The van der Waals surface area contributed by atoms with Gasteiger partial charge in [0.05, 0.1) is 5.56 Å². The Morgan fingerprint density at radius 2 is 1.93 bits per heavy atom. The number of rotatable bonds is 5. The van der Waals surface area contributed by atoms with Gasteiger partial charge in [-0.05, 0) is 45.6 Å².